The molecule has 49 heavy (non-hydrogen) atoms. The first-order valence-corrected chi connectivity index (χ1v) is 17.6. The van der Waals surface area contributed by atoms with E-state index >= 15 is 0 Å². The molecule has 18 heteroatoms. The summed E-state index contributed by atoms with van der Waals surface area (Å²) in [5.74, 6) is -3.14. The van der Waals surface area contributed by atoms with Crippen LogP contribution < -0.4 is 11.2 Å². The van der Waals surface area contributed by atoms with E-state index in [0.29, 0.717) is 17.3 Å². The number of aryl methyl sites for hydroxylation is 1. The molecule has 2 aromatic rings. The molecule has 0 radical (unpaired) electrons. The van der Waals surface area contributed by atoms with Crippen LogP contribution in [0.25, 0.3) is 0 Å². The monoisotopic (exact) mass is 726 g/mol. The predicted molar refractivity (Wildman–Crippen MR) is 174 cm³/mol. The number of aromatic nitrogens is 2. The highest BCUT2D eigenvalue weighted by Crippen LogP contribution is 2.50. The summed E-state index contributed by atoms with van der Waals surface area (Å²) in [7, 11) is -3.55. The predicted octanol–water partition coefficient (Wildman–Crippen LogP) is 2.91. The highest BCUT2D eigenvalue weighted by atomic mass is 32.2. The first kappa shape index (κ1) is 39.7. The third-order valence-electron chi connectivity index (χ3n) is 7.42. The van der Waals surface area contributed by atoms with Gasteiger partial charge in [0.05, 0.1) is 32.0 Å². The lowest BCUT2D eigenvalue weighted by atomic mass is 9.87. The van der Waals surface area contributed by atoms with Gasteiger partial charge in [0.2, 0.25) is 5.12 Å². The number of hydrogen-bond acceptors (Lipinski definition) is 15. The van der Waals surface area contributed by atoms with Gasteiger partial charge in [-0.15, -0.1) is 0 Å². The number of phosphoric acid groups is 1. The van der Waals surface area contributed by atoms with Crippen LogP contribution in [0.4, 0.5) is 0 Å². The van der Waals surface area contributed by atoms with Crippen molar-refractivity contribution in [2.75, 3.05) is 32.7 Å². The maximum atomic E-state index is 13.5. The summed E-state index contributed by atoms with van der Waals surface area (Å²) in [4.78, 5) is 89.2. The fraction of sp³-hybridized carbons (Fsp3) is 0.516. The van der Waals surface area contributed by atoms with Gasteiger partial charge in [-0.05, 0) is 27.7 Å². The Morgan fingerprint density at radius 2 is 1.80 bits per heavy atom. The summed E-state index contributed by atoms with van der Waals surface area (Å²) >= 11 is 0.673. The molecule has 1 saturated heterocycles. The Labute approximate surface area is 285 Å². The van der Waals surface area contributed by atoms with Gasteiger partial charge in [0, 0.05) is 37.3 Å². The second kappa shape index (κ2) is 17.8. The quantitative estimate of drug-likeness (QED) is 0.133. The summed E-state index contributed by atoms with van der Waals surface area (Å²) in [5.41, 5.74) is -2.85. The van der Waals surface area contributed by atoms with Gasteiger partial charge < -0.3 is 19.0 Å². The van der Waals surface area contributed by atoms with Crippen LogP contribution in [0.2, 0.25) is 0 Å². The number of carbonyl (C=O) groups excluding carboxylic acids is 5. The van der Waals surface area contributed by atoms with E-state index in [0.717, 1.165) is 11.7 Å². The number of phosphoric ester groups is 1. The number of nitrogens with one attached hydrogen (secondary N) is 1. The molecular formula is C31H39N2O14PS. The molecule has 0 saturated carbocycles. The van der Waals surface area contributed by atoms with Crippen LogP contribution in [0.15, 0.2) is 46.1 Å². The number of carbonyl (C=O) groups is 5. The third-order valence-corrected chi connectivity index (χ3v) is 9.68. The van der Waals surface area contributed by atoms with Crippen molar-refractivity contribution in [1.82, 2.24) is 9.55 Å². The number of benzene rings is 1. The van der Waals surface area contributed by atoms with E-state index < -0.39 is 84.7 Å². The molecular weight excluding hydrogens is 687 g/mol. The number of Topliss-reactive ketones (excluding diaryl/α,β-unsaturated/α-hetero) is 2. The van der Waals surface area contributed by atoms with Gasteiger partial charge in [-0.2, -0.15) is 0 Å². The van der Waals surface area contributed by atoms with E-state index in [4.69, 9.17) is 27.8 Å². The van der Waals surface area contributed by atoms with Gasteiger partial charge in [0.25, 0.3) is 5.56 Å². The number of nitrogens with zero attached hydrogens (tertiary/aromatic N) is 1. The molecule has 5 atom stereocenters. The number of H-pyrrole nitrogens is 1. The first-order chi connectivity index (χ1) is 23.1. The van der Waals surface area contributed by atoms with E-state index in [1.54, 1.807) is 30.3 Å². The number of hydrogen-bond donors (Lipinski definition) is 1. The first-order valence-electron chi connectivity index (χ1n) is 15.2. The van der Waals surface area contributed by atoms with Gasteiger partial charge in [-0.3, -0.25) is 47.1 Å². The Bertz CT molecular complexity index is 1690. The van der Waals surface area contributed by atoms with Crippen LogP contribution in [0.3, 0.4) is 0 Å². The number of aromatic amines is 1. The summed E-state index contributed by atoms with van der Waals surface area (Å²) < 4.78 is 47.1. The Morgan fingerprint density at radius 3 is 2.43 bits per heavy atom. The van der Waals surface area contributed by atoms with Gasteiger partial charge in [0.15, 0.2) is 5.78 Å². The number of ketones is 2. The molecule has 1 aliphatic heterocycles. The second-order valence-corrected chi connectivity index (χ2v) is 13.9. The summed E-state index contributed by atoms with van der Waals surface area (Å²) in [6.07, 6.45) is -2.39. The molecule has 1 fully saturated rings. The molecule has 1 N–H and O–H groups in total. The van der Waals surface area contributed by atoms with Crippen LogP contribution in [-0.4, -0.2) is 83.1 Å². The summed E-state index contributed by atoms with van der Waals surface area (Å²) in [6, 6.07) is 8.21. The molecule has 16 nitrogen and oxygen atoms in total. The van der Waals surface area contributed by atoms with E-state index in [1.807, 2.05) is 0 Å². The lowest BCUT2D eigenvalue weighted by Gasteiger charge is -2.27. The summed E-state index contributed by atoms with van der Waals surface area (Å²) in [5, 5.41) is -0.405. The third kappa shape index (κ3) is 10.9. The smallest absolute Gasteiger partial charge is 0.465 e. The number of thioether (sulfide) groups is 1. The standard InChI is InChI=1S/C31H39N2O14PS/c1-6-43-29(39)31(4,24(35)17-49-28(38)21-10-8-7-9-11-21)18-45-48(41,42-5)44-16-23-22(47-26(36)13-12-20(3)34)14-25(46-23)33-15-19(2)27(37)32-30(33)40/h7-11,15,22-23,25H,6,12-14,16-18H2,1-5H3,(H,32,37,40)/t22-,23+,25+,31?,48?/m0/s1. The van der Waals surface area contributed by atoms with Crippen LogP contribution in [0.1, 0.15) is 62.2 Å². The van der Waals surface area contributed by atoms with E-state index in [-0.39, 0.29) is 37.2 Å². The van der Waals surface area contributed by atoms with Crippen molar-refractivity contribution in [3.8, 4) is 0 Å². The van der Waals surface area contributed by atoms with E-state index in [2.05, 4.69) is 4.98 Å². The fourth-order valence-electron chi connectivity index (χ4n) is 4.46. The maximum Gasteiger partial charge on any atom is 0.474 e. The van der Waals surface area contributed by atoms with Gasteiger partial charge in [-0.25, -0.2) is 9.36 Å². The lowest BCUT2D eigenvalue weighted by Crippen LogP contribution is -2.43. The minimum absolute atomic E-state index is 0.0703. The number of rotatable bonds is 18. The van der Waals surface area contributed by atoms with Crippen LogP contribution >= 0.6 is 19.6 Å². The molecule has 0 bridgehead atoms. The Morgan fingerprint density at radius 1 is 1.10 bits per heavy atom. The highest BCUT2D eigenvalue weighted by Gasteiger charge is 2.46. The molecule has 0 aliphatic carbocycles. The lowest BCUT2D eigenvalue weighted by molar-refractivity contribution is -0.160. The zero-order valence-electron chi connectivity index (χ0n) is 27.7. The number of esters is 2. The van der Waals surface area contributed by atoms with Crippen molar-refractivity contribution in [1.29, 1.82) is 0 Å². The van der Waals surface area contributed by atoms with Gasteiger partial charge in [0.1, 0.15) is 29.6 Å². The minimum atomic E-state index is -4.55. The molecule has 1 aliphatic rings. The number of ether oxygens (including phenoxy) is 3. The molecule has 2 heterocycles. The molecule has 1 aromatic carbocycles. The van der Waals surface area contributed by atoms with Crippen molar-refractivity contribution in [3.05, 3.63) is 68.5 Å². The zero-order chi connectivity index (χ0) is 36.4. The topological polar surface area (TPSA) is 213 Å². The molecule has 0 amide bonds. The zero-order valence-corrected chi connectivity index (χ0v) is 29.4. The Hall–Kier alpha value is -3.73. The van der Waals surface area contributed by atoms with Crippen molar-refractivity contribution in [3.63, 3.8) is 0 Å². The van der Waals surface area contributed by atoms with Crippen molar-refractivity contribution in [2.45, 2.75) is 65.4 Å². The van der Waals surface area contributed by atoms with E-state index in [9.17, 15) is 38.1 Å². The van der Waals surface area contributed by atoms with E-state index in [1.165, 1.54) is 33.9 Å². The normalized spacial score (nSPS) is 19.7. The minimum Gasteiger partial charge on any atom is -0.465 e. The van der Waals surface area contributed by atoms with Crippen molar-refractivity contribution >= 4 is 48.2 Å². The maximum absolute atomic E-state index is 13.5. The van der Waals surface area contributed by atoms with Crippen molar-refractivity contribution in [2.24, 2.45) is 5.41 Å². The summed E-state index contributed by atoms with van der Waals surface area (Å²) in [6.45, 7) is 4.04. The molecule has 268 valence electrons. The average Bonchev–Trinajstić information content (AvgIpc) is 3.47. The second-order valence-electron chi connectivity index (χ2n) is 11.2. The molecule has 2 unspecified atom stereocenters. The molecule has 3 rings (SSSR count). The Balaban J connectivity index is 1.75. The Kier molecular flexibility index (Phi) is 14.4. The fourth-order valence-corrected chi connectivity index (χ4v) is 6.37. The molecule has 0 spiro atoms. The SMILES string of the molecule is CCOC(=O)C(C)(COP(=O)(OC)OC[C@H]1O[C@@H](n2cc(C)c(=O)[nH]c2=O)C[C@@H]1OC(=O)CCC(C)=O)C(=O)CSC(=O)c1ccccc1. The van der Waals surface area contributed by atoms with Crippen LogP contribution in [-0.2, 0) is 51.5 Å². The van der Waals surface area contributed by atoms with Gasteiger partial charge >= 0.3 is 25.5 Å². The largest absolute Gasteiger partial charge is 0.474 e. The average molecular weight is 727 g/mol. The molecule has 1 aromatic heterocycles. The highest BCUT2D eigenvalue weighted by molar-refractivity contribution is 8.14. The van der Waals surface area contributed by atoms with Gasteiger partial charge in [-0.1, -0.05) is 42.1 Å². The van der Waals surface area contributed by atoms with Crippen LogP contribution in [0.5, 0.6) is 0 Å². The van der Waals surface area contributed by atoms with Crippen LogP contribution in [0, 0.1) is 12.3 Å². The van der Waals surface area contributed by atoms with Crippen molar-refractivity contribution < 1.29 is 56.3 Å².